The Bertz CT molecular complexity index is 405. The molecule has 0 aliphatic carbocycles. The molecular weight excluding hydrogens is 248 g/mol. The molecule has 0 atom stereocenters. The van der Waals surface area contributed by atoms with E-state index in [0.717, 1.165) is 31.6 Å². The minimum atomic E-state index is 0.0943. The molecule has 20 heavy (non-hydrogen) atoms. The zero-order valence-corrected chi connectivity index (χ0v) is 13.3. The Morgan fingerprint density at radius 2 is 1.75 bits per heavy atom. The molecular formula is C17H28N2O. The van der Waals surface area contributed by atoms with Crippen LogP contribution in [-0.4, -0.2) is 19.0 Å². The molecule has 1 aromatic rings. The quantitative estimate of drug-likeness (QED) is 0.715. The van der Waals surface area contributed by atoms with E-state index in [1.54, 1.807) is 0 Å². The summed E-state index contributed by atoms with van der Waals surface area (Å²) in [4.78, 5) is 12.0. The number of nitrogens with one attached hydrogen (secondary N) is 2. The molecule has 0 aromatic heterocycles. The summed E-state index contributed by atoms with van der Waals surface area (Å²) < 4.78 is 0. The molecule has 0 bridgehead atoms. The van der Waals surface area contributed by atoms with E-state index in [-0.39, 0.29) is 5.91 Å². The topological polar surface area (TPSA) is 41.1 Å². The Balaban J connectivity index is 2.57. The van der Waals surface area contributed by atoms with Gasteiger partial charge in [-0.2, -0.15) is 0 Å². The van der Waals surface area contributed by atoms with E-state index in [0.29, 0.717) is 12.3 Å². The highest BCUT2D eigenvalue weighted by Crippen LogP contribution is 2.22. The molecule has 0 radical (unpaired) electrons. The maximum absolute atomic E-state index is 12.0. The fourth-order valence-corrected chi connectivity index (χ4v) is 2.20. The van der Waals surface area contributed by atoms with Gasteiger partial charge in [-0.15, -0.1) is 0 Å². The molecule has 1 rings (SSSR count). The van der Waals surface area contributed by atoms with Crippen LogP contribution in [0.1, 0.15) is 45.2 Å². The predicted molar refractivity (Wildman–Crippen MR) is 86.2 cm³/mol. The van der Waals surface area contributed by atoms with Crippen molar-refractivity contribution in [1.82, 2.24) is 5.32 Å². The Morgan fingerprint density at radius 1 is 1.15 bits per heavy atom. The Kier molecular flexibility index (Phi) is 7.31. The summed E-state index contributed by atoms with van der Waals surface area (Å²) >= 11 is 0. The van der Waals surface area contributed by atoms with E-state index < -0.39 is 0 Å². The van der Waals surface area contributed by atoms with Gasteiger partial charge in [0.15, 0.2) is 0 Å². The molecule has 112 valence electrons. The minimum absolute atomic E-state index is 0.0943. The highest BCUT2D eigenvalue weighted by atomic mass is 16.1. The fraction of sp³-hybridized carbons (Fsp3) is 0.588. The second-order valence-corrected chi connectivity index (χ2v) is 5.55. The molecule has 0 aliphatic heterocycles. The molecule has 0 unspecified atom stereocenters. The number of hydrogen-bond donors (Lipinski definition) is 2. The third-order valence-corrected chi connectivity index (χ3v) is 3.34. The molecule has 0 saturated carbocycles. The fourth-order valence-electron chi connectivity index (χ4n) is 2.20. The van der Waals surface area contributed by atoms with Gasteiger partial charge in [0.05, 0.1) is 0 Å². The summed E-state index contributed by atoms with van der Waals surface area (Å²) in [5.41, 5.74) is 3.45. The highest BCUT2D eigenvalue weighted by molar-refractivity contribution is 5.92. The smallest absolute Gasteiger partial charge is 0.225 e. The molecule has 0 fully saturated rings. The van der Waals surface area contributed by atoms with Crippen LogP contribution in [0.2, 0.25) is 0 Å². The van der Waals surface area contributed by atoms with E-state index in [1.807, 2.05) is 0 Å². The van der Waals surface area contributed by atoms with Crippen LogP contribution in [0.3, 0.4) is 0 Å². The van der Waals surface area contributed by atoms with Crippen molar-refractivity contribution >= 4 is 11.6 Å². The van der Waals surface area contributed by atoms with E-state index in [9.17, 15) is 4.79 Å². The number of carbonyl (C=O) groups excluding carboxylic acids is 1. The molecule has 3 nitrogen and oxygen atoms in total. The van der Waals surface area contributed by atoms with Gasteiger partial charge in [0.2, 0.25) is 5.91 Å². The standard InChI is InChI=1S/C17H28N2O/c1-5-14-8-7-9-15(6-2)17(14)19-16(20)10-11-18-12-13(3)4/h7-9,13,18H,5-6,10-12H2,1-4H3,(H,19,20). The number of hydrogen-bond acceptors (Lipinski definition) is 2. The molecule has 1 aromatic carbocycles. The maximum Gasteiger partial charge on any atom is 0.225 e. The minimum Gasteiger partial charge on any atom is -0.326 e. The first-order valence-corrected chi connectivity index (χ1v) is 7.69. The number of benzene rings is 1. The van der Waals surface area contributed by atoms with E-state index in [4.69, 9.17) is 0 Å². The van der Waals surface area contributed by atoms with E-state index in [2.05, 4.69) is 56.5 Å². The van der Waals surface area contributed by atoms with Crippen LogP contribution in [0.25, 0.3) is 0 Å². The third-order valence-electron chi connectivity index (χ3n) is 3.34. The van der Waals surface area contributed by atoms with Crippen LogP contribution >= 0.6 is 0 Å². The van der Waals surface area contributed by atoms with Crippen LogP contribution in [0.5, 0.6) is 0 Å². The van der Waals surface area contributed by atoms with Crippen molar-refractivity contribution in [3.63, 3.8) is 0 Å². The first-order valence-electron chi connectivity index (χ1n) is 7.69. The zero-order chi connectivity index (χ0) is 15.0. The summed E-state index contributed by atoms with van der Waals surface area (Å²) in [7, 11) is 0. The van der Waals surface area contributed by atoms with Gasteiger partial charge in [-0.1, -0.05) is 45.9 Å². The van der Waals surface area contributed by atoms with Crippen molar-refractivity contribution in [1.29, 1.82) is 0 Å². The number of anilines is 1. The average Bonchev–Trinajstić information content (AvgIpc) is 2.43. The van der Waals surface area contributed by atoms with Crippen LogP contribution in [0, 0.1) is 5.92 Å². The first-order chi connectivity index (χ1) is 9.58. The van der Waals surface area contributed by atoms with Gasteiger partial charge in [-0.3, -0.25) is 4.79 Å². The molecule has 3 heteroatoms. The maximum atomic E-state index is 12.0. The second kappa shape index (κ2) is 8.75. The van der Waals surface area contributed by atoms with Gasteiger partial charge in [0.1, 0.15) is 0 Å². The monoisotopic (exact) mass is 276 g/mol. The predicted octanol–water partition coefficient (Wildman–Crippen LogP) is 3.39. The van der Waals surface area contributed by atoms with Crippen molar-refractivity contribution in [2.45, 2.75) is 47.0 Å². The number of rotatable bonds is 8. The van der Waals surface area contributed by atoms with E-state index >= 15 is 0 Å². The van der Waals surface area contributed by atoms with Gasteiger partial charge < -0.3 is 10.6 Å². The van der Waals surface area contributed by atoms with Crippen LogP contribution in [-0.2, 0) is 17.6 Å². The zero-order valence-electron chi connectivity index (χ0n) is 13.3. The summed E-state index contributed by atoms with van der Waals surface area (Å²) in [5.74, 6) is 0.711. The van der Waals surface area contributed by atoms with Gasteiger partial charge >= 0.3 is 0 Å². The molecule has 1 amide bonds. The lowest BCUT2D eigenvalue weighted by Crippen LogP contribution is -2.25. The van der Waals surface area contributed by atoms with Gasteiger partial charge in [-0.05, 0) is 36.4 Å². The molecule has 0 heterocycles. The average molecular weight is 276 g/mol. The molecule has 0 saturated heterocycles. The summed E-state index contributed by atoms with van der Waals surface area (Å²) in [6, 6.07) is 6.25. The highest BCUT2D eigenvalue weighted by Gasteiger charge is 2.09. The molecule has 2 N–H and O–H groups in total. The Morgan fingerprint density at radius 3 is 2.25 bits per heavy atom. The van der Waals surface area contributed by atoms with Crippen LogP contribution in [0.15, 0.2) is 18.2 Å². The second-order valence-electron chi connectivity index (χ2n) is 5.55. The van der Waals surface area contributed by atoms with Crippen molar-refractivity contribution in [2.75, 3.05) is 18.4 Å². The first kappa shape index (κ1) is 16.7. The number of amides is 1. The van der Waals surface area contributed by atoms with Gasteiger partial charge in [0, 0.05) is 18.7 Å². The third kappa shape index (κ3) is 5.33. The van der Waals surface area contributed by atoms with Crippen molar-refractivity contribution in [3.8, 4) is 0 Å². The normalized spacial score (nSPS) is 10.8. The largest absolute Gasteiger partial charge is 0.326 e. The van der Waals surface area contributed by atoms with Gasteiger partial charge in [0.25, 0.3) is 0 Å². The SMILES string of the molecule is CCc1cccc(CC)c1NC(=O)CCNCC(C)C. The summed E-state index contributed by atoms with van der Waals surface area (Å²) in [6.07, 6.45) is 2.40. The van der Waals surface area contributed by atoms with Crippen molar-refractivity contribution in [3.05, 3.63) is 29.3 Å². The Labute approximate surface area is 123 Å². The summed E-state index contributed by atoms with van der Waals surface area (Å²) in [5, 5.41) is 6.39. The summed E-state index contributed by atoms with van der Waals surface area (Å²) in [6.45, 7) is 10.3. The molecule has 0 spiro atoms. The van der Waals surface area contributed by atoms with Crippen LogP contribution < -0.4 is 10.6 Å². The van der Waals surface area contributed by atoms with Crippen LogP contribution in [0.4, 0.5) is 5.69 Å². The number of para-hydroxylation sites is 1. The van der Waals surface area contributed by atoms with E-state index in [1.165, 1.54) is 11.1 Å². The van der Waals surface area contributed by atoms with Crippen molar-refractivity contribution in [2.24, 2.45) is 5.92 Å². The number of carbonyl (C=O) groups is 1. The molecule has 0 aliphatic rings. The lowest BCUT2D eigenvalue weighted by Gasteiger charge is -2.14. The Hall–Kier alpha value is -1.35. The van der Waals surface area contributed by atoms with Gasteiger partial charge in [-0.25, -0.2) is 0 Å². The number of aryl methyl sites for hydroxylation is 2. The van der Waals surface area contributed by atoms with Crippen molar-refractivity contribution < 1.29 is 4.79 Å². The lowest BCUT2D eigenvalue weighted by molar-refractivity contribution is -0.116. The lowest BCUT2D eigenvalue weighted by atomic mass is 10.0.